The Kier molecular flexibility index (Phi) is 3.50. The van der Waals surface area contributed by atoms with Crippen LogP contribution in [0.5, 0.6) is 0 Å². The zero-order valence-electron chi connectivity index (χ0n) is 9.99. The maximum Gasteiger partial charge on any atom is 0.0894 e. The summed E-state index contributed by atoms with van der Waals surface area (Å²) < 4.78 is 1.11. The lowest BCUT2D eigenvalue weighted by molar-refractivity contribution is 1.21. The molecule has 0 aliphatic rings. The molecule has 0 fully saturated rings. The fourth-order valence-electron chi connectivity index (χ4n) is 1.76. The van der Waals surface area contributed by atoms with Crippen LogP contribution in [0.1, 0.15) is 0 Å². The van der Waals surface area contributed by atoms with Crippen molar-refractivity contribution < 1.29 is 0 Å². The van der Waals surface area contributed by atoms with E-state index in [1.807, 2.05) is 54.7 Å². The standard InChI is InChI=1S/C15H10IN3/c16-11-7-8-13(18-10-11)15-6-3-5-14(19-15)12-4-1-2-9-17-12/h1-10H. The van der Waals surface area contributed by atoms with E-state index in [2.05, 4.69) is 37.5 Å². The molecule has 3 aromatic heterocycles. The highest BCUT2D eigenvalue weighted by Crippen LogP contribution is 2.20. The number of hydrogen-bond acceptors (Lipinski definition) is 3. The molecular formula is C15H10IN3. The summed E-state index contributed by atoms with van der Waals surface area (Å²) in [6, 6.07) is 15.7. The molecule has 3 heterocycles. The Morgan fingerprint density at radius 3 is 2.05 bits per heavy atom. The maximum atomic E-state index is 4.62. The van der Waals surface area contributed by atoms with Gasteiger partial charge < -0.3 is 0 Å². The highest BCUT2D eigenvalue weighted by molar-refractivity contribution is 14.1. The summed E-state index contributed by atoms with van der Waals surface area (Å²) in [7, 11) is 0. The first-order valence-electron chi connectivity index (χ1n) is 5.83. The van der Waals surface area contributed by atoms with Crippen LogP contribution < -0.4 is 0 Å². The Bertz CT molecular complexity index is 681. The van der Waals surface area contributed by atoms with E-state index in [0.717, 1.165) is 26.3 Å². The van der Waals surface area contributed by atoms with Gasteiger partial charge in [0.1, 0.15) is 0 Å². The van der Waals surface area contributed by atoms with E-state index in [4.69, 9.17) is 0 Å². The van der Waals surface area contributed by atoms with Crippen molar-refractivity contribution in [2.75, 3.05) is 0 Å². The molecular weight excluding hydrogens is 349 g/mol. The highest BCUT2D eigenvalue weighted by atomic mass is 127. The van der Waals surface area contributed by atoms with Crippen molar-refractivity contribution in [1.82, 2.24) is 15.0 Å². The number of hydrogen-bond donors (Lipinski definition) is 0. The average molecular weight is 359 g/mol. The van der Waals surface area contributed by atoms with Gasteiger partial charge in [0.15, 0.2) is 0 Å². The van der Waals surface area contributed by atoms with Crippen LogP contribution in [0, 0.1) is 3.57 Å². The van der Waals surface area contributed by atoms with Gasteiger partial charge in [0.05, 0.1) is 22.8 Å². The third-order valence-corrected chi connectivity index (χ3v) is 3.30. The fourth-order valence-corrected chi connectivity index (χ4v) is 2.08. The van der Waals surface area contributed by atoms with Crippen molar-refractivity contribution >= 4 is 22.6 Å². The largest absolute Gasteiger partial charge is 0.255 e. The van der Waals surface area contributed by atoms with Gasteiger partial charge in [-0.2, -0.15) is 0 Å². The van der Waals surface area contributed by atoms with E-state index < -0.39 is 0 Å². The molecule has 0 atom stereocenters. The Morgan fingerprint density at radius 2 is 1.42 bits per heavy atom. The van der Waals surface area contributed by atoms with Gasteiger partial charge >= 0.3 is 0 Å². The van der Waals surface area contributed by atoms with Gasteiger partial charge in [0.2, 0.25) is 0 Å². The number of rotatable bonds is 2. The van der Waals surface area contributed by atoms with E-state index >= 15 is 0 Å². The van der Waals surface area contributed by atoms with E-state index in [-0.39, 0.29) is 0 Å². The second-order valence-electron chi connectivity index (χ2n) is 3.98. The molecule has 0 radical (unpaired) electrons. The summed E-state index contributed by atoms with van der Waals surface area (Å²) >= 11 is 2.24. The Balaban J connectivity index is 2.03. The zero-order chi connectivity index (χ0) is 13.1. The van der Waals surface area contributed by atoms with Crippen molar-refractivity contribution in [3.63, 3.8) is 0 Å². The van der Waals surface area contributed by atoms with Crippen LogP contribution in [0.2, 0.25) is 0 Å². The zero-order valence-corrected chi connectivity index (χ0v) is 12.2. The summed E-state index contributed by atoms with van der Waals surface area (Å²) in [6.45, 7) is 0. The number of aromatic nitrogens is 3. The van der Waals surface area contributed by atoms with Crippen molar-refractivity contribution in [2.24, 2.45) is 0 Å². The van der Waals surface area contributed by atoms with E-state index in [1.54, 1.807) is 6.20 Å². The van der Waals surface area contributed by atoms with Gasteiger partial charge in [0.25, 0.3) is 0 Å². The predicted octanol–water partition coefficient (Wildman–Crippen LogP) is 3.81. The topological polar surface area (TPSA) is 38.7 Å². The molecule has 0 saturated carbocycles. The smallest absolute Gasteiger partial charge is 0.0894 e. The monoisotopic (exact) mass is 359 g/mol. The van der Waals surface area contributed by atoms with E-state index in [0.29, 0.717) is 0 Å². The summed E-state index contributed by atoms with van der Waals surface area (Å²) in [5, 5.41) is 0. The van der Waals surface area contributed by atoms with Gasteiger partial charge in [-0.05, 0) is 59.0 Å². The molecule has 0 N–H and O–H groups in total. The van der Waals surface area contributed by atoms with Gasteiger partial charge in [-0.1, -0.05) is 12.1 Å². The van der Waals surface area contributed by atoms with Crippen LogP contribution >= 0.6 is 22.6 Å². The summed E-state index contributed by atoms with van der Waals surface area (Å²) in [4.78, 5) is 13.3. The molecule has 0 saturated heterocycles. The van der Waals surface area contributed by atoms with Gasteiger partial charge in [0, 0.05) is 16.0 Å². The Morgan fingerprint density at radius 1 is 0.684 bits per heavy atom. The fraction of sp³-hybridized carbons (Fsp3) is 0. The summed E-state index contributed by atoms with van der Waals surface area (Å²) in [5.41, 5.74) is 3.46. The quantitative estimate of drug-likeness (QED) is 0.654. The molecule has 3 rings (SSSR count). The van der Waals surface area contributed by atoms with Crippen LogP contribution in [-0.4, -0.2) is 15.0 Å². The van der Waals surface area contributed by atoms with Crippen LogP contribution in [0.3, 0.4) is 0 Å². The van der Waals surface area contributed by atoms with Gasteiger partial charge in [-0.25, -0.2) is 4.98 Å². The molecule has 4 heteroatoms. The molecule has 0 spiro atoms. The lowest BCUT2D eigenvalue weighted by Gasteiger charge is -2.03. The van der Waals surface area contributed by atoms with Crippen LogP contribution in [-0.2, 0) is 0 Å². The molecule has 0 aliphatic carbocycles. The summed E-state index contributed by atoms with van der Waals surface area (Å²) in [5.74, 6) is 0. The lowest BCUT2D eigenvalue weighted by atomic mass is 10.2. The van der Waals surface area contributed by atoms with Crippen LogP contribution in [0.4, 0.5) is 0 Å². The second kappa shape index (κ2) is 5.44. The minimum Gasteiger partial charge on any atom is -0.255 e. The molecule has 0 unspecified atom stereocenters. The third kappa shape index (κ3) is 2.78. The normalized spacial score (nSPS) is 10.4. The molecule has 3 nitrogen and oxygen atoms in total. The minimum absolute atomic E-state index is 0.860. The predicted molar refractivity (Wildman–Crippen MR) is 83.4 cm³/mol. The SMILES string of the molecule is Ic1ccc(-c2cccc(-c3ccccn3)n2)nc1. The number of pyridine rings is 3. The molecule has 19 heavy (non-hydrogen) atoms. The number of halogens is 1. The first-order chi connectivity index (χ1) is 9.33. The molecule has 0 bridgehead atoms. The number of nitrogens with zero attached hydrogens (tertiary/aromatic N) is 3. The molecule has 92 valence electrons. The first-order valence-corrected chi connectivity index (χ1v) is 6.91. The van der Waals surface area contributed by atoms with Crippen molar-refractivity contribution in [3.8, 4) is 22.8 Å². The third-order valence-electron chi connectivity index (χ3n) is 2.67. The van der Waals surface area contributed by atoms with Crippen LogP contribution in [0.15, 0.2) is 60.9 Å². The maximum absolute atomic E-state index is 4.62. The van der Waals surface area contributed by atoms with Crippen LogP contribution in [0.25, 0.3) is 22.8 Å². The molecule has 0 aliphatic heterocycles. The average Bonchev–Trinajstić information content (AvgIpc) is 2.49. The lowest BCUT2D eigenvalue weighted by Crippen LogP contribution is -1.91. The highest BCUT2D eigenvalue weighted by Gasteiger charge is 2.04. The van der Waals surface area contributed by atoms with E-state index in [1.165, 1.54) is 0 Å². The molecule has 0 amide bonds. The van der Waals surface area contributed by atoms with Crippen molar-refractivity contribution in [2.45, 2.75) is 0 Å². The molecule has 0 aromatic carbocycles. The van der Waals surface area contributed by atoms with E-state index in [9.17, 15) is 0 Å². The Hall–Kier alpha value is -1.82. The van der Waals surface area contributed by atoms with Crippen molar-refractivity contribution in [1.29, 1.82) is 0 Å². The Labute approximate surface area is 124 Å². The second-order valence-corrected chi connectivity index (χ2v) is 5.23. The van der Waals surface area contributed by atoms with Gasteiger partial charge in [-0.3, -0.25) is 9.97 Å². The first kappa shape index (κ1) is 12.2. The summed E-state index contributed by atoms with van der Waals surface area (Å²) in [6.07, 6.45) is 3.61. The van der Waals surface area contributed by atoms with Gasteiger partial charge in [-0.15, -0.1) is 0 Å². The molecule has 3 aromatic rings. The van der Waals surface area contributed by atoms with Crippen molar-refractivity contribution in [3.05, 3.63) is 64.5 Å². The minimum atomic E-state index is 0.860.